The Bertz CT molecular complexity index is 431. The molecule has 0 spiro atoms. The minimum absolute atomic E-state index is 0.353. The van der Waals surface area contributed by atoms with Crippen molar-refractivity contribution >= 4 is 23.3 Å². The molecule has 1 aromatic carbocycles. The number of hydrogen-bond acceptors (Lipinski definition) is 3. The van der Waals surface area contributed by atoms with Crippen molar-refractivity contribution in [2.45, 2.75) is 6.18 Å². The number of nitrogen functional groups attached to an aromatic ring is 1. The van der Waals surface area contributed by atoms with E-state index in [-0.39, 0.29) is 5.02 Å². The predicted molar refractivity (Wildman–Crippen MR) is 52.2 cm³/mol. The summed E-state index contributed by atoms with van der Waals surface area (Å²) in [5.41, 5.74) is 2.57. The molecule has 2 N–H and O–H groups in total. The van der Waals surface area contributed by atoms with Crippen molar-refractivity contribution in [2.24, 2.45) is 0 Å². The van der Waals surface area contributed by atoms with Gasteiger partial charge in [0.25, 0.3) is 0 Å². The summed E-state index contributed by atoms with van der Waals surface area (Å²) >= 11 is 5.52. The number of halogens is 4. The van der Waals surface area contributed by atoms with Crippen molar-refractivity contribution in [3.05, 3.63) is 28.3 Å². The van der Waals surface area contributed by atoms with Crippen LogP contribution in [0.1, 0.15) is 15.9 Å². The van der Waals surface area contributed by atoms with E-state index in [1.54, 1.807) is 0 Å². The zero-order valence-corrected chi connectivity index (χ0v) is 8.82. The number of hydrogen-bond donors (Lipinski definition) is 1. The van der Waals surface area contributed by atoms with Crippen LogP contribution in [-0.2, 0) is 10.9 Å². The molecule has 0 saturated carbocycles. The van der Waals surface area contributed by atoms with Crippen LogP contribution in [-0.4, -0.2) is 13.1 Å². The summed E-state index contributed by atoms with van der Waals surface area (Å²) < 4.78 is 42.1. The highest BCUT2D eigenvalue weighted by atomic mass is 35.5. The minimum Gasteiger partial charge on any atom is -0.465 e. The summed E-state index contributed by atoms with van der Waals surface area (Å²) in [6.45, 7) is 0. The number of ether oxygens (including phenoxy) is 1. The average Bonchev–Trinajstić information content (AvgIpc) is 2.18. The van der Waals surface area contributed by atoms with Crippen LogP contribution in [0.2, 0.25) is 5.02 Å². The van der Waals surface area contributed by atoms with Crippen LogP contribution >= 0.6 is 11.6 Å². The number of benzene rings is 1. The molecule has 0 radical (unpaired) electrons. The van der Waals surface area contributed by atoms with E-state index in [0.29, 0.717) is 0 Å². The molecule has 1 rings (SSSR count). The third-order valence-electron chi connectivity index (χ3n) is 1.86. The predicted octanol–water partition coefficient (Wildman–Crippen LogP) is 2.73. The standard InChI is InChI=1S/C9H7ClF3NO2/c1-16-8(15)6-4(10)2-3-5(14)7(6)9(11,12)13/h2-3H,14H2,1H3. The molecule has 3 nitrogen and oxygen atoms in total. The largest absolute Gasteiger partial charge is 0.465 e. The number of nitrogens with two attached hydrogens (primary N) is 1. The molecular weight excluding hydrogens is 247 g/mol. The second-order valence-corrected chi connectivity index (χ2v) is 3.28. The van der Waals surface area contributed by atoms with Gasteiger partial charge in [0.1, 0.15) is 0 Å². The Morgan fingerprint density at radius 3 is 2.44 bits per heavy atom. The van der Waals surface area contributed by atoms with Crippen LogP contribution in [0.15, 0.2) is 12.1 Å². The summed E-state index contributed by atoms with van der Waals surface area (Å²) in [4.78, 5) is 11.2. The maximum atomic E-state index is 12.6. The molecular formula is C9H7ClF3NO2. The van der Waals surface area contributed by atoms with Gasteiger partial charge in [0.15, 0.2) is 0 Å². The first kappa shape index (κ1) is 12.6. The Kier molecular flexibility index (Phi) is 3.32. The summed E-state index contributed by atoms with van der Waals surface area (Å²) in [6.07, 6.45) is -4.77. The monoisotopic (exact) mass is 253 g/mol. The maximum Gasteiger partial charge on any atom is 0.419 e. The first-order chi connectivity index (χ1) is 7.29. The third kappa shape index (κ3) is 2.21. The number of esters is 1. The van der Waals surface area contributed by atoms with Crippen LogP contribution in [0.4, 0.5) is 18.9 Å². The second-order valence-electron chi connectivity index (χ2n) is 2.88. The molecule has 0 aliphatic carbocycles. The van der Waals surface area contributed by atoms with Crippen molar-refractivity contribution in [1.29, 1.82) is 0 Å². The molecule has 16 heavy (non-hydrogen) atoms. The van der Waals surface area contributed by atoms with Gasteiger partial charge in [-0.2, -0.15) is 13.2 Å². The highest BCUT2D eigenvalue weighted by molar-refractivity contribution is 6.34. The van der Waals surface area contributed by atoms with Gasteiger partial charge in [-0.3, -0.25) is 0 Å². The lowest BCUT2D eigenvalue weighted by atomic mass is 10.0. The zero-order chi connectivity index (χ0) is 12.5. The first-order valence-electron chi connectivity index (χ1n) is 4.02. The first-order valence-corrected chi connectivity index (χ1v) is 4.40. The number of rotatable bonds is 1. The van der Waals surface area contributed by atoms with E-state index >= 15 is 0 Å². The molecule has 0 aromatic heterocycles. The highest BCUT2D eigenvalue weighted by Crippen LogP contribution is 2.39. The minimum atomic E-state index is -4.77. The SMILES string of the molecule is COC(=O)c1c(Cl)ccc(N)c1C(F)(F)F. The molecule has 0 aliphatic rings. The van der Waals surface area contributed by atoms with Gasteiger partial charge >= 0.3 is 12.1 Å². The Labute approximate surface area is 93.9 Å². The molecule has 0 unspecified atom stereocenters. The van der Waals surface area contributed by atoms with Crippen LogP contribution < -0.4 is 5.73 Å². The fraction of sp³-hybridized carbons (Fsp3) is 0.222. The van der Waals surface area contributed by atoms with Crippen molar-refractivity contribution < 1.29 is 22.7 Å². The van der Waals surface area contributed by atoms with E-state index in [9.17, 15) is 18.0 Å². The van der Waals surface area contributed by atoms with Crippen LogP contribution in [0.5, 0.6) is 0 Å². The lowest BCUT2D eigenvalue weighted by Gasteiger charge is -2.14. The molecule has 0 saturated heterocycles. The molecule has 7 heteroatoms. The normalized spacial score (nSPS) is 11.3. The van der Waals surface area contributed by atoms with Crippen molar-refractivity contribution in [3.63, 3.8) is 0 Å². The molecule has 0 amide bonds. The van der Waals surface area contributed by atoms with Gasteiger partial charge in [-0.25, -0.2) is 4.79 Å². The number of carbonyl (C=O) groups is 1. The van der Waals surface area contributed by atoms with Crippen molar-refractivity contribution in [3.8, 4) is 0 Å². The molecule has 0 fully saturated rings. The summed E-state index contributed by atoms with van der Waals surface area (Å²) in [7, 11) is 0.960. The van der Waals surface area contributed by atoms with E-state index in [1.165, 1.54) is 0 Å². The Hall–Kier alpha value is -1.43. The van der Waals surface area contributed by atoms with Crippen molar-refractivity contribution in [2.75, 3.05) is 12.8 Å². The fourth-order valence-corrected chi connectivity index (χ4v) is 1.44. The van der Waals surface area contributed by atoms with Gasteiger partial charge in [-0.15, -0.1) is 0 Å². The highest BCUT2D eigenvalue weighted by Gasteiger charge is 2.39. The number of carbonyl (C=O) groups excluding carboxylic acids is 1. The van der Waals surface area contributed by atoms with E-state index in [4.69, 9.17) is 17.3 Å². The van der Waals surface area contributed by atoms with Gasteiger partial charge in [0.2, 0.25) is 0 Å². The van der Waals surface area contributed by atoms with Gasteiger partial charge in [0, 0.05) is 5.69 Å². The molecule has 0 atom stereocenters. The number of methoxy groups -OCH3 is 1. The topological polar surface area (TPSA) is 52.3 Å². The lowest BCUT2D eigenvalue weighted by molar-refractivity contribution is -0.137. The van der Waals surface area contributed by atoms with Gasteiger partial charge in [0.05, 0.1) is 23.3 Å². The quantitative estimate of drug-likeness (QED) is 0.618. The van der Waals surface area contributed by atoms with E-state index in [0.717, 1.165) is 19.2 Å². The summed E-state index contributed by atoms with van der Waals surface area (Å²) in [5, 5.41) is -0.353. The molecule has 1 aromatic rings. The van der Waals surface area contributed by atoms with Crippen LogP contribution in [0.3, 0.4) is 0 Å². The van der Waals surface area contributed by atoms with E-state index < -0.39 is 29.0 Å². The molecule has 0 aliphatic heterocycles. The zero-order valence-electron chi connectivity index (χ0n) is 8.06. The van der Waals surface area contributed by atoms with Crippen LogP contribution in [0.25, 0.3) is 0 Å². The van der Waals surface area contributed by atoms with Gasteiger partial charge < -0.3 is 10.5 Å². The Morgan fingerprint density at radius 2 is 2.00 bits per heavy atom. The number of anilines is 1. The molecule has 0 bridgehead atoms. The maximum absolute atomic E-state index is 12.6. The Morgan fingerprint density at radius 1 is 1.44 bits per heavy atom. The smallest absolute Gasteiger partial charge is 0.419 e. The third-order valence-corrected chi connectivity index (χ3v) is 2.17. The lowest BCUT2D eigenvalue weighted by Crippen LogP contribution is -2.17. The van der Waals surface area contributed by atoms with Gasteiger partial charge in [-0.1, -0.05) is 11.6 Å². The van der Waals surface area contributed by atoms with E-state index in [2.05, 4.69) is 4.74 Å². The van der Waals surface area contributed by atoms with Crippen molar-refractivity contribution in [1.82, 2.24) is 0 Å². The summed E-state index contributed by atoms with van der Waals surface area (Å²) in [5.74, 6) is -1.18. The number of alkyl halides is 3. The van der Waals surface area contributed by atoms with E-state index in [1.807, 2.05) is 0 Å². The average molecular weight is 254 g/mol. The molecule has 0 heterocycles. The van der Waals surface area contributed by atoms with Crippen LogP contribution in [0, 0.1) is 0 Å². The Balaban J connectivity index is 3.56. The van der Waals surface area contributed by atoms with Gasteiger partial charge in [-0.05, 0) is 12.1 Å². The fourth-order valence-electron chi connectivity index (χ4n) is 1.20. The second kappa shape index (κ2) is 4.21. The summed E-state index contributed by atoms with van der Waals surface area (Å²) in [6, 6.07) is 2.09. The molecule has 88 valence electrons.